The molecule has 1 rings (SSSR count). The molecule has 0 fully saturated rings. The number of carbonyl (C=O) groups excluding carboxylic acids is 2. The number of carbonyl (C=O) groups is 2. The Kier molecular flexibility index (Phi) is 3.96. The minimum atomic E-state index is -0.652. The van der Waals surface area contributed by atoms with Crippen LogP contribution < -0.4 is 10.1 Å². The summed E-state index contributed by atoms with van der Waals surface area (Å²) in [6.45, 7) is -0.250. The Bertz CT molecular complexity index is 401. The predicted molar refractivity (Wildman–Crippen MR) is 52.8 cm³/mol. The first-order valence-electron chi connectivity index (χ1n) is 4.25. The van der Waals surface area contributed by atoms with Gasteiger partial charge < -0.3 is 10.1 Å². The molecule has 0 aliphatic rings. The predicted octanol–water partition coefficient (Wildman–Crippen LogP) is 0.246. The van der Waals surface area contributed by atoms with E-state index in [1.54, 1.807) is 0 Å². The molecule has 0 spiro atoms. The van der Waals surface area contributed by atoms with Crippen molar-refractivity contribution < 1.29 is 19.2 Å². The summed E-state index contributed by atoms with van der Waals surface area (Å²) < 4.78 is 4.77. The Morgan fingerprint density at radius 3 is 2.56 bits per heavy atom. The molecule has 16 heavy (non-hydrogen) atoms. The number of ether oxygens (including phenoxy) is 1. The average Bonchev–Trinajstić information content (AvgIpc) is 2.27. The van der Waals surface area contributed by atoms with Crippen molar-refractivity contribution in [3.8, 4) is 5.75 Å². The lowest BCUT2D eigenvalue weighted by Crippen LogP contribution is -2.25. The third-order valence-electron chi connectivity index (χ3n) is 1.61. The zero-order chi connectivity index (χ0) is 12.0. The second-order valence-electron chi connectivity index (χ2n) is 2.72. The summed E-state index contributed by atoms with van der Waals surface area (Å²) in [7, 11) is 0. The summed E-state index contributed by atoms with van der Waals surface area (Å²) in [4.78, 5) is 30.7. The SMILES string of the molecule is O=CNCC(=O)Oc1ccc([N+](=O)[O-])cc1. The molecule has 0 saturated carbocycles. The highest BCUT2D eigenvalue weighted by Gasteiger charge is 2.07. The van der Waals surface area contributed by atoms with Gasteiger partial charge in [-0.1, -0.05) is 0 Å². The molecule has 0 unspecified atom stereocenters. The number of nitro benzene ring substituents is 1. The van der Waals surface area contributed by atoms with E-state index < -0.39 is 10.9 Å². The Morgan fingerprint density at radius 2 is 2.06 bits per heavy atom. The minimum absolute atomic E-state index is 0.0918. The fraction of sp³-hybridized carbons (Fsp3) is 0.111. The van der Waals surface area contributed by atoms with Gasteiger partial charge in [-0.05, 0) is 12.1 Å². The fourth-order valence-electron chi connectivity index (χ4n) is 0.928. The normalized spacial score (nSPS) is 9.25. The molecule has 0 atom stereocenters. The van der Waals surface area contributed by atoms with Gasteiger partial charge in [0.2, 0.25) is 6.41 Å². The van der Waals surface area contributed by atoms with Crippen LogP contribution in [0.3, 0.4) is 0 Å². The lowest BCUT2D eigenvalue weighted by Gasteiger charge is -2.02. The molecule has 0 radical (unpaired) electrons. The molecule has 0 saturated heterocycles. The largest absolute Gasteiger partial charge is 0.425 e. The van der Waals surface area contributed by atoms with Gasteiger partial charge in [0.25, 0.3) is 5.69 Å². The first-order valence-corrected chi connectivity index (χ1v) is 4.25. The maximum atomic E-state index is 11.0. The molecule has 84 valence electrons. The minimum Gasteiger partial charge on any atom is -0.425 e. The number of nitrogens with one attached hydrogen (secondary N) is 1. The van der Waals surface area contributed by atoms with E-state index in [0.29, 0.717) is 6.41 Å². The highest BCUT2D eigenvalue weighted by atomic mass is 16.6. The van der Waals surface area contributed by atoms with Crippen LogP contribution in [0.25, 0.3) is 0 Å². The van der Waals surface area contributed by atoms with Crippen molar-refractivity contribution in [2.24, 2.45) is 0 Å². The zero-order valence-electron chi connectivity index (χ0n) is 8.08. The summed E-state index contributed by atoms with van der Waals surface area (Å²) in [6.07, 6.45) is 0.372. The third-order valence-corrected chi connectivity index (χ3v) is 1.61. The lowest BCUT2D eigenvalue weighted by atomic mass is 10.3. The van der Waals surface area contributed by atoms with E-state index in [2.05, 4.69) is 5.32 Å². The number of esters is 1. The van der Waals surface area contributed by atoms with E-state index in [-0.39, 0.29) is 18.0 Å². The lowest BCUT2D eigenvalue weighted by molar-refractivity contribution is -0.384. The quantitative estimate of drug-likeness (QED) is 0.254. The highest BCUT2D eigenvalue weighted by Crippen LogP contribution is 2.17. The van der Waals surface area contributed by atoms with Crippen LogP contribution in [0.15, 0.2) is 24.3 Å². The molecule has 0 heterocycles. The summed E-state index contributed by atoms with van der Waals surface area (Å²) in [5.41, 5.74) is -0.0918. The summed E-state index contributed by atoms with van der Waals surface area (Å²) in [6, 6.07) is 5.04. The molecule has 7 heteroatoms. The van der Waals surface area contributed by atoms with Crippen molar-refractivity contribution in [1.29, 1.82) is 0 Å². The number of nitro groups is 1. The van der Waals surface area contributed by atoms with E-state index in [1.807, 2.05) is 0 Å². The van der Waals surface area contributed by atoms with Crippen molar-refractivity contribution in [2.45, 2.75) is 0 Å². The molecule has 0 aliphatic heterocycles. The van der Waals surface area contributed by atoms with Gasteiger partial charge in [-0.2, -0.15) is 0 Å². The van der Waals surface area contributed by atoms with Crippen LogP contribution in [-0.2, 0) is 9.59 Å². The van der Waals surface area contributed by atoms with Crippen molar-refractivity contribution in [3.05, 3.63) is 34.4 Å². The molecule has 1 aromatic rings. The number of nitrogens with zero attached hydrogens (tertiary/aromatic N) is 1. The van der Waals surface area contributed by atoms with E-state index in [4.69, 9.17) is 4.74 Å². The number of rotatable bonds is 5. The van der Waals surface area contributed by atoms with Gasteiger partial charge in [-0.3, -0.25) is 14.9 Å². The third kappa shape index (κ3) is 3.37. The Hall–Kier alpha value is -2.44. The van der Waals surface area contributed by atoms with Gasteiger partial charge in [-0.15, -0.1) is 0 Å². The number of hydrogen-bond donors (Lipinski definition) is 1. The summed E-state index contributed by atoms with van der Waals surface area (Å²) in [5.74, 6) is -0.468. The van der Waals surface area contributed by atoms with Crippen molar-refractivity contribution in [1.82, 2.24) is 5.32 Å². The van der Waals surface area contributed by atoms with Gasteiger partial charge in [0, 0.05) is 12.1 Å². The van der Waals surface area contributed by atoms with Crippen molar-refractivity contribution in [2.75, 3.05) is 6.54 Å². The highest BCUT2D eigenvalue weighted by molar-refractivity contribution is 5.76. The zero-order valence-corrected chi connectivity index (χ0v) is 8.08. The first kappa shape index (κ1) is 11.6. The Morgan fingerprint density at radius 1 is 1.44 bits per heavy atom. The molecule has 1 N–H and O–H groups in total. The van der Waals surface area contributed by atoms with E-state index in [1.165, 1.54) is 24.3 Å². The molecular weight excluding hydrogens is 216 g/mol. The monoisotopic (exact) mass is 224 g/mol. The second-order valence-corrected chi connectivity index (χ2v) is 2.72. The average molecular weight is 224 g/mol. The van der Waals surface area contributed by atoms with Crippen LogP contribution >= 0.6 is 0 Å². The van der Waals surface area contributed by atoms with Gasteiger partial charge in [0.15, 0.2) is 0 Å². The maximum Gasteiger partial charge on any atom is 0.330 e. The summed E-state index contributed by atoms with van der Waals surface area (Å²) >= 11 is 0. The Balaban J connectivity index is 2.58. The summed E-state index contributed by atoms with van der Waals surface area (Å²) in [5, 5.41) is 12.5. The van der Waals surface area contributed by atoms with Crippen LogP contribution in [-0.4, -0.2) is 23.8 Å². The Labute approximate surface area is 90.2 Å². The van der Waals surface area contributed by atoms with E-state index in [0.717, 1.165) is 0 Å². The standard InChI is InChI=1S/C9H8N2O5/c12-6-10-5-9(13)16-8-3-1-7(2-4-8)11(14)15/h1-4,6H,5H2,(H,10,12). The van der Waals surface area contributed by atoms with E-state index >= 15 is 0 Å². The van der Waals surface area contributed by atoms with Crippen molar-refractivity contribution >= 4 is 18.1 Å². The van der Waals surface area contributed by atoms with Crippen LogP contribution in [0.2, 0.25) is 0 Å². The molecule has 1 aromatic carbocycles. The topological polar surface area (TPSA) is 98.5 Å². The number of non-ortho nitro benzene ring substituents is 1. The smallest absolute Gasteiger partial charge is 0.330 e. The second kappa shape index (κ2) is 5.44. The number of benzene rings is 1. The molecule has 0 aromatic heterocycles. The first-order chi connectivity index (χ1) is 7.63. The van der Waals surface area contributed by atoms with Gasteiger partial charge in [-0.25, -0.2) is 4.79 Å². The molecule has 0 aliphatic carbocycles. The maximum absolute atomic E-state index is 11.0. The van der Waals surface area contributed by atoms with Gasteiger partial charge in [0.05, 0.1) is 4.92 Å². The van der Waals surface area contributed by atoms with Crippen LogP contribution in [0.5, 0.6) is 5.75 Å². The molecule has 0 bridgehead atoms. The number of hydrogen-bond acceptors (Lipinski definition) is 5. The molecular formula is C9H8N2O5. The number of amides is 1. The van der Waals surface area contributed by atoms with Gasteiger partial charge in [0.1, 0.15) is 12.3 Å². The van der Waals surface area contributed by atoms with Crippen LogP contribution in [0.4, 0.5) is 5.69 Å². The fourth-order valence-corrected chi connectivity index (χ4v) is 0.928. The van der Waals surface area contributed by atoms with Crippen molar-refractivity contribution in [3.63, 3.8) is 0 Å². The van der Waals surface area contributed by atoms with Crippen LogP contribution in [0, 0.1) is 10.1 Å². The van der Waals surface area contributed by atoms with Gasteiger partial charge >= 0.3 is 5.97 Å². The molecule has 7 nitrogen and oxygen atoms in total. The molecule has 1 amide bonds. The van der Waals surface area contributed by atoms with E-state index in [9.17, 15) is 19.7 Å². The van der Waals surface area contributed by atoms with Crippen LogP contribution in [0.1, 0.15) is 0 Å².